The number of fused-ring (bicyclic) bond motifs is 2. The zero-order valence-corrected chi connectivity index (χ0v) is 20.5. The predicted octanol–water partition coefficient (Wildman–Crippen LogP) is 4.09. The summed E-state index contributed by atoms with van der Waals surface area (Å²) in [4.78, 5) is 64.7. The molecule has 0 fully saturated rings. The summed E-state index contributed by atoms with van der Waals surface area (Å²) in [6, 6.07) is 10.1. The Morgan fingerprint density at radius 2 is 1.39 bits per heavy atom. The van der Waals surface area contributed by atoms with Crippen molar-refractivity contribution in [1.29, 1.82) is 0 Å². The van der Waals surface area contributed by atoms with Gasteiger partial charge in [0.15, 0.2) is 11.5 Å². The van der Waals surface area contributed by atoms with Gasteiger partial charge in [0.2, 0.25) is 0 Å². The molecule has 1 aromatic carbocycles. The van der Waals surface area contributed by atoms with E-state index in [9.17, 15) is 24.0 Å². The number of hydrogen-bond donors (Lipinski definition) is 2. The highest BCUT2D eigenvalue weighted by Gasteiger charge is 2.44. The van der Waals surface area contributed by atoms with Crippen LogP contribution in [0.25, 0.3) is 11.1 Å². The monoisotopic (exact) mass is 522 g/mol. The van der Waals surface area contributed by atoms with Gasteiger partial charge in [0.05, 0.1) is 24.3 Å². The number of ether oxygens (including phenoxy) is 4. The van der Waals surface area contributed by atoms with E-state index in [2.05, 4.69) is 0 Å². The van der Waals surface area contributed by atoms with E-state index >= 15 is 0 Å². The Labute approximate surface area is 215 Å². The molecule has 0 saturated heterocycles. The third-order valence-electron chi connectivity index (χ3n) is 5.64. The Balaban J connectivity index is 2.06. The molecule has 3 aliphatic rings. The second-order valence-electron chi connectivity index (χ2n) is 7.91. The molecule has 196 valence electrons. The quantitative estimate of drug-likeness (QED) is 0.209. The number of nitrogens with zero attached hydrogens (tertiary/aromatic N) is 1. The lowest BCUT2D eigenvalue weighted by Crippen LogP contribution is -2.30. The average molecular weight is 522 g/mol. The summed E-state index contributed by atoms with van der Waals surface area (Å²) in [5.41, 5.74) is 1.92. The molecule has 3 amide bonds. The number of anilines is 1. The maximum absolute atomic E-state index is 13.4. The van der Waals surface area contributed by atoms with Crippen LogP contribution in [0.4, 0.5) is 15.3 Å². The fourth-order valence-corrected chi connectivity index (χ4v) is 4.13. The molecule has 0 aromatic heterocycles. The molecule has 0 bridgehead atoms. The van der Waals surface area contributed by atoms with E-state index in [0.717, 1.165) is 4.90 Å². The van der Waals surface area contributed by atoms with E-state index in [1.165, 1.54) is 35.8 Å². The Morgan fingerprint density at radius 1 is 0.842 bits per heavy atom. The normalized spacial score (nSPS) is 12.3. The van der Waals surface area contributed by atoms with Gasteiger partial charge in [-0.3, -0.25) is 19.6 Å². The molecule has 0 spiro atoms. The van der Waals surface area contributed by atoms with E-state index in [1.54, 1.807) is 32.9 Å². The van der Waals surface area contributed by atoms with Crippen molar-refractivity contribution < 1.29 is 48.1 Å². The third-order valence-corrected chi connectivity index (χ3v) is 5.64. The van der Waals surface area contributed by atoms with Gasteiger partial charge in [0, 0.05) is 16.7 Å². The molecule has 4 rings (SSSR count). The van der Waals surface area contributed by atoms with Crippen LogP contribution in [-0.2, 0) is 9.47 Å². The van der Waals surface area contributed by atoms with Crippen molar-refractivity contribution >= 4 is 35.7 Å². The molecule has 0 saturated carbocycles. The number of amides is 3. The van der Waals surface area contributed by atoms with E-state index in [0.29, 0.717) is 5.56 Å². The van der Waals surface area contributed by atoms with Gasteiger partial charge in [-0.15, -0.1) is 0 Å². The van der Waals surface area contributed by atoms with Crippen LogP contribution in [0.5, 0.6) is 11.5 Å². The molecule has 2 aliphatic carbocycles. The van der Waals surface area contributed by atoms with Gasteiger partial charge < -0.3 is 18.9 Å². The minimum atomic E-state index is -1.16. The van der Waals surface area contributed by atoms with Crippen LogP contribution in [0.15, 0.2) is 42.5 Å². The molecule has 0 unspecified atom stereocenters. The van der Waals surface area contributed by atoms with Gasteiger partial charge in [-0.25, -0.2) is 20.0 Å². The van der Waals surface area contributed by atoms with Crippen LogP contribution in [-0.4, -0.2) is 48.5 Å². The standard InChI is InChI=1S/C26H22N2O10/c1-4-35-25(32)37-20-17-11-10-14(22(29)27-34)12-13(3)18(17)21(38-26(33)36-5-2)19(20)28-23(30)15-8-6-7-9-16(15)24(28)31/h6-12,34H,4-5H2,1-3H3,(H,27,29). The molecule has 1 heterocycles. The smallest absolute Gasteiger partial charge is 0.434 e. The van der Waals surface area contributed by atoms with Crippen molar-refractivity contribution in [3.05, 3.63) is 64.7 Å². The van der Waals surface area contributed by atoms with Crippen molar-refractivity contribution in [2.45, 2.75) is 20.8 Å². The largest absolute Gasteiger partial charge is 0.513 e. The van der Waals surface area contributed by atoms with Gasteiger partial charge >= 0.3 is 12.3 Å². The van der Waals surface area contributed by atoms with Crippen molar-refractivity contribution in [3.8, 4) is 22.6 Å². The molecule has 12 nitrogen and oxygen atoms in total. The second kappa shape index (κ2) is 10.6. The highest BCUT2D eigenvalue weighted by Crippen LogP contribution is 2.56. The Kier molecular flexibility index (Phi) is 7.26. The van der Waals surface area contributed by atoms with E-state index in [1.807, 2.05) is 0 Å². The number of nitrogens with one attached hydrogen (secondary N) is 1. The van der Waals surface area contributed by atoms with Gasteiger partial charge in [0.1, 0.15) is 5.69 Å². The molecular formula is C26H22N2O10. The zero-order chi connectivity index (χ0) is 27.6. The SMILES string of the molecule is CCOC(=O)Oc1c2ccc(C(=O)NO)cc(C)c-2c(OC(=O)OCC)c1N1C(=O)c2ccccc2C1=O. The van der Waals surface area contributed by atoms with Crippen molar-refractivity contribution in [3.63, 3.8) is 0 Å². The van der Waals surface area contributed by atoms with Gasteiger partial charge in [-0.05, 0) is 56.7 Å². The zero-order valence-electron chi connectivity index (χ0n) is 20.5. The summed E-state index contributed by atoms with van der Waals surface area (Å²) in [6.07, 6.45) is -2.31. The lowest BCUT2D eigenvalue weighted by Gasteiger charge is -2.17. The van der Waals surface area contributed by atoms with Crippen molar-refractivity contribution in [2.24, 2.45) is 0 Å². The Hall–Kier alpha value is -4.97. The first-order chi connectivity index (χ1) is 18.2. The van der Waals surface area contributed by atoms with Crippen LogP contribution in [0.1, 0.15) is 50.5 Å². The minimum absolute atomic E-state index is 0.00708. The molecule has 2 N–H and O–H groups in total. The van der Waals surface area contributed by atoms with Gasteiger partial charge in [-0.2, -0.15) is 0 Å². The highest BCUT2D eigenvalue weighted by atomic mass is 16.7. The fourth-order valence-electron chi connectivity index (χ4n) is 4.13. The average Bonchev–Trinajstić information content (AvgIpc) is 3.22. The highest BCUT2D eigenvalue weighted by molar-refractivity contribution is 6.36. The number of rotatable bonds is 6. The first-order valence-corrected chi connectivity index (χ1v) is 11.4. The number of benzene rings is 1. The van der Waals surface area contributed by atoms with E-state index in [-0.39, 0.29) is 58.2 Å². The van der Waals surface area contributed by atoms with Crippen LogP contribution in [0.2, 0.25) is 0 Å². The molecule has 12 heteroatoms. The van der Waals surface area contributed by atoms with Crippen molar-refractivity contribution in [2.75, 3.05) is 18.1 Å². The molecule has 0 atom stereocenters. The van der Waals surface area contributed by atoms with Crippen molar-refractivity contribution in [1.82, 2.24) is 5.48 Å². The third kappa shape index (κ3) is 4.48. The summed E-state index contributed by atoms with van der Waals surface area (Å²) >= 11 is 0. The van der Waals surface area contributed by atoms with Crippen LogP contribution < -0.4 is 19.9 Å². The lowest BCUT2D eigenvalue weighted by molar-refractivity contribution is 0.0706. The summed E-state index contributed by atoms with van der Waals surface area (Å²) in [5.74, 6) is -2.98. The van der Waals surface area contributed by atoms with Gasteiger partial charge in [-0.1, -0.05) is 12.1 Å². The first-order valence-electron chi connectivity index (χ1n) is 11.4. The minimum Gasteiger partial charge on any atom is -0.434 e. The van der Waals surface area contributed by atoms with Gasteiger partial charge in [0.25, 0.3) is 17.7 Å². The summed E-state index contributed by atoms with van der Waals surface area (Å²) in [5, 5.41) is 9.09. The molecule has 0 radical (unpaired) electrons. The summed E-state index contributed by atoms with van der Waals surface area (Å²) in [7, 11) is 0. The number of carbonyl (C=O) groups is 5. The Morgan fingerprint density at radius 3 is 1.92 bits per heavy atom. The molecule has 1 aromatic rings. The first kappa shape index (κ1) is 26.1. The number of imide groups is 1. The number of hydrogen-bond acceptors (Lipinski definition) is 10. The molecule has 38 heavy (non-hydrogen) atoms. The summed E-state index contributed by atoms with van der Waals surface area (Å²) in [6.45, 7) is 4.57. The summed E-state index contributed by atoms with van der Waals surface area (Å²) < 4.78 is 20.8. The van der Waals surface area contributed by atoms with E-state index in [4.69, 9.17) is 24.2 Å². The maximum Gasteiger partial charge on any atom is 0.513 e. The topological polar surface area (TPSA) is 158 Å². The second-order valence-corrected chi connectivity index (χ2v) is 7.91. The Bertz CT molecular complexity index is 1410. The predicted molar refractivity (Wildman–Crippen MR) is 130 cm³/mol. The maximum atomic E-state index is 13.4. The number of carbonyl (C=O) groups excluding carboxylic acids is 5. The number of aryl methyl sites for hydroxylation is 1. The van der Waals surface area contributed by atoms with Crippen LogP contribution >= 0.6 is 0 Å². The molecular weight excluding hydrogens is 500 g/mol. The molecule has 1 aliphatic heterocycles. The van der Waals surface area contributed by atoms with Crippen LogP contribution in [0, 0.1) is 6.92 Å². The fraction of sp³-hybridized carbons (Fsp3) is 0.192. The number of hydroxylamine groups is 1. The van der Waals surface area contributed by atoms with E-state index < -0.39 is 30.0 Å². The lowest BCUT2D eigenvalue weighted by atomic mass is 10.1. The van der Waals surface area contributed by atoms with Crippen LogP contribution in [0.3, 0.4) is 0 Å².